The molecule has 0 saturated carbocycles. The summed E-state index contributed by atoms with van der Waals surface area (Å²) in [6.45, 7) is 1.43. The van der Waals surface area contributed by atoms with E-state index in [1.807, 2.05) is 0 Å². The van der Waals surface area contributed by atoms with E-state index >= 15 is 0 Å². The van der Waals surface area contributed by atoms with Crippen molar-refractivity contribution in [3.05, 3.63) is 70.4 Å². The number of carbonyl (C=O) groups excluding carboxylic acids is 1. The van der Waals surface area contributed by atoms with Crippen molar-refractivity contribution in [1.29, 1.82) is 0 Å². The number of hydrogen-bond donors (Lipinski definition) is 1. The van der Waals surface area contributed by atoms with Crippen LogP contribution in [0.2, 0.25) is 0 Å². The first-order valence-corrected chi connectivity index (χ1v) is 9.24. The summed E-state index contributed by atoms with van der Waals surface area (Å²) in [7, 11) is 0. The van der Waals surface area contributed by atoms with E-state index < -0.39 is 17.6 Å². The summed E-state index contributed by atoms with van der Waals surface area (Å²) in [5, 5.41) is 11.1. The average molecular weight is 419 g/mol. The lowest BCUT2D eigenvalue weighted by atomic mass is 10.0. The van der Waals surface area contributed by atoms with Crippen molar-refractivity contribution < 1.29 is 22.4 Å². The molecule has 2 aromatic heterocycles. The third kappa shape index (κ3) is 4.03. The SMILES string of the molecule is CC(=O)NC1CCc2c1nnn2-c1cc(Cc2cc(F)cc(C(F)(F)F)c2)ccn1. The van der Waals surface area contributed by atoms with Crippen LogP contribution in [-0.4, -0.2) is 25.9 Å². The molecule has 0 aliphatic heterocycles. The van der Waals surface area contributed by atoms with Gasteiger partial charge in [-0.1, -0.05) is 5.21 Å². The Bertz CT molecular complexity index is 1110. The maximum absolute atomic E-state index is 13.7. The molecule has 0 spiro atoms. The van der Waals surface area contributed by atoms with Crippen LogP contribution in [0.3, 0.4) is 0 Å². The van der Waals surface area contributed by atoms with Gasteiger partial charge in [0, 0.05) is 13.1 Å². The van der Waals surface area contributed by atoms with Gasteiger partial charge in [-0.2, -0.15) is 17.9 Å². The molecular formula is C20H17F4N5O. The second-order valence-electron chi connectivity index (χ2n) is 7.17. The number of amides is 1. The minimum absolute atomic E-state index is 0.0990. The van der Waals surface area contributed by atoms with Gasteiger partial charge in [0.25, 0.3) is 0 Å². The van der Waals surface area contributed by atoms with Crippen LogP contribution in [0.25, 0.3) is 5.82 Å². The molecule has 1 N–H and O–H groups in total. The molecule has 3 aromatic rings. The van der Waals surface area contributed by atoms with Crippen molar-refractivity contribution in [2.45, 2.75) is 38.4 Å². The Balaban J connectivity index is 1.61. The van der Waals surface area contributed by atoms with Crippen LogP contribution in [0.5, 0.6) is 0 Å². The van der Waals surface area contributed by atoms with Crippen molar-refractivity contribution in [3.63, 3.8) is 0 Å². The van der Waals surface area contributed by atoms with Crippen LogP contribution in [0, 0.1) is 5.82 Å². The van der Waals surface area contributed by atoms with Gasteiger partial charge in [-0.15, -0.1) is 5.10 Å². The molecule has 30 heavy (non-hydrogen) atoms. The zero-order valence-electron chi connectivity index (χ0n) is 15.9. The zero-order valence-corrected chi connectivity index (χ0v) is 15.9. The molecule has 6 nitrogen and oxygen atoms in total. The van der Waals surface area contributed by atoms with E-state index in [1.165, 1.54) is 13.1 Å². The molecule has 1 atom stereocenters. The number of fused-ring (bicyclic) bond motifs is 1. The van der Waals surface area contributed by atoms with Crippen LogP contribution in [0.4, 0.5) is 17.6 Å². The number of aromatic nitrogens is 4. The Labute approximate surface area is 168 Å². The van der Waals surface area contributed by atoms with E-state index in [9.17, 15) is 22.4 Å². The Morgan fingerprint density at radius 2 is 2.03 bits per heavy atom. The van der Waals surface area contributed by atoms with Gasteiger partial charge in [-0.25, -0.2) is 9.37 Å². The van der Waals surface area contributed by atoms with Crippen LogP contribution in [-0.2, 0) is 23.8 Å². The maximum Gasteiger partial charge on any atom is 0.416 e. The van der Waals surface area contributed by atoms with Gasteiger partial charge in [0.2, 0.25) is 5.91 Å². The minimum Gasteiger partial charge on any atom is -0.348 e. The summed E-state index contributed by atoms with van der Waals surface area (Å²) in [6, 6.07) is 5.63. The van der Waals surface area contributed by atoms with Gasteiger partial charge < -0.3 is 5.32 Å². The topological polar surface area (TPSA) is 72.7 Å². The standard InChI is InChI=1S/C20H17F4N5O/c1-11(30)26-16-2-3-17-19(16)27-28-29(17)18-9-12(4-5-25-18)6-13-7-14(20(22,23)24)10-15(21)8-13/h4-5,7-10,16H,2-3,6H2,1H3,(H,26,30). The number of rotatable bonds is 4. The summed E-state index contributed by atoms with van der Waals surface area (Å²) in [6.07, 6.45) is -1.66. The normalized spacial score (nSPS) is 15.8. The zero-order chi connectivity index (χ0) is 21.5. The fraction of sp³-hybridized carbons (Fsp3) is 0.300. The van der Waals surface area contributed by atoms with Crippen molar-refractivity contribution >= 4 is 5.91 Å². The van der Waals surface area contributed by atoms with E-state index in [0.29, 0.717) is 36.0 Å². The molecule has 1 amide bonds. The summed E-state index contributed by atoms with van der Waals surface area (Å²) >= 11 is 0. The predicted octanol–water partition coefficient (Wildman–Crippen LogP) is 3.53. The number of halogens is 4. The Hall–Kier alpha value is -3.30. The Kier molecular flexibility index (Phi) is 5.00. The third-order valence-corrected chi connectivity index (χ3v) is 4.89. The summed E-state index contributed by atoms with van der Waals surface area (Å²) in [5.74, 6) is -0.639. The van der Waals surface area contributed by atoms with Gasteiger partial charge in [0.1, 0.15) is 11.5 Å². The molecule has 1 unspecified atom stereocenters. The lowest BCUT2D eigenvalue weighted by Crippen LogP contribution is -2.24. The highest BCUT2D eigenvalue weighted by Crippen LogP contribution is 2.32. The molecule has 10 heteroatoms. The molecule has 4 rings (SSSR count). The largest absolute Gasteiger partial charge is 0.416 e. The molecule has 0 radical (unpaired) electrons. The van der Waals surface area contributed by atoms with E-state index in [-0.39, 0.29) is 23.9 Å². The quantitative estimate of drug-likeness (QED) is 0.657. The predicted molar refractivity (Wildman–Crippen MR) is 98.2 cm³/mol. The van der Waals surface area contributed by atoms with Gasteiger partial charge in [-0.3, -0.25) is 4.79 Å². The number of hydrogen-bond acceptors (Lipinski definition) is 4. The number of benzene rings is 1. The molecule has 1 aliphatic carbocycles. The summed E-state index contributed by atoms with van der Waals surface area (Å²) in [5.41, 5.74) is 1.33. The first-order valence-electron chi connectivity index (χ1n) is 9.24. The molecule has 1 aliphatic rings. The molecule has 0 bridgehead atoms. The first-order chi connectivity index (χ1) is 14.2. The lowest BCUT2D eigenvalue weighted by molar-refractivity contribution is -0.137. The second-order valence-corrected chi connectivity index (χ2v) is 7.17. The number of pyridine rings is 1. The number of nitrogens with one attached hydrogen (secondary N) is 1. The lowest BCUT2D eigenvalue weighted by Gasteiger charge is -2.10. The van der Waals surface area contributed by atoms with Gasteiger partial charge in [-0.05, 0) is 60.7 Å². The van der Waals surface area contributed by atoms with Crippen molar-refractivity contribution in [2.75, 3.05) is 0 Å². The molecule has 2 heterocycles. The molecule has 156 valence electrons. The van der Waals surface area contributed by atoms with Crippen molar-refractivity contribution in [2.24, 2.45) is 0 Å². The van der Waals surface area contributed by atoms with Gasteiger partial charge >= 0.3 is 6.18 Å². The van der Waals surface area contributed by atoms with Gasteiger partial charge in [0.05, 0.1) is 17.3 Å². The highest BCUT2D eigenvalue weighted by Gasteiger charge is 2.32. The Morgan fingerprint density at radius 1 is 1.23 bits per heavy atom. The molecular weight excluding hydrogens is 402 g/mol. The Morgan fingerprint density at radius 3 is 2.77 bits per heavy atom. The van der Waals surface area contributed by atoms with Crippen molar-refractivity contribution in [1.82, 2.24) is 25.3 Å². The number of nitrogens with zero attached hydrogens (tertiary/aromatic N) is 4. The monoisotopic (exact) mass is 419 g/mol. The van der Waals surface area contributed by atoms with E-state index in [2.05, 4.69) is 20.6 Å². The van der Waals surface area contributed by atoms with Crippen LogP contribution < -0.4 is 5.32 Å². The number of alkyl halides is 3. The molecule has 0 saturated heterocycles. The summed E-state index contributed by atoms with van der Waals surface area (Å²) in [4.78, 5) is 15.6. The van der Waals surface area contributed by atoms with Crippen LogP contribution >= 0.6 is 0 Å². The highest BCUT2D eigenvalue weighted by atomic mass is 19.4. The van der Waals surface area contributed by atoms with Gasteiger partial charge in [0.15, 0.2) is 5.82 Å². The fourth-order valence-corrected chi connectivity index (χ4v) is 3.64. The summed E-state index contributed by atoms with van der Waals surface area (Å²) < 4.78 is 54.1. The van der Waals surface area contributed by atoms with Crippen LogP contribution in [0.1, 0.15) is 47.5 Å². The molecule has 0 fully saturated rings. The third-order valence-electron chi connectivity index (χ3n) is 4.89. The average Bonchev–Trinajstić information content (AvgIpc) is 3.23. The van der Waals surface area contributed by atoms with Crippen LogP contribution in [0.15, 0.2) is 36.5 Å². The number of carbonyl (C=O) groups is 1. The van der Waals surface area contributed by atoms with E-state index in [1.54, 1.807) is 16.8 Å². The minimum atomic E-state index is -4.62. The highest BCUT2D eigenvalue weighted by molar-refractivity contribution is 5.73. The smallest absolute Gasteiger partial charge is 0.348 e. The van der Waals surface area contributed by atoms with E-state index in [0.717, 1.165) is 17.8 Å². The second kappa shape index (κ2) is 7.51. The van der Waals surface area contributed by atoms with E-state index in [4.69, 9.17) is 0 Å². The van der Waals surface area contributed by atoms with Crippen molar-refractivity contribution in [3.8, 4) is 5.82 Å². The molecule has 1 aromatic carbocycles. The fourth-order valence-electron chi connectivity index (χ4n) is 3.64. The first kappa shape index (κ1) is 20.0. The maximum atomic E-state index is 13.7.